The van der Waals surface area contributed by atoms with Gasteiger partial charge in [-0.1, -0.05) is 32.0 Å². The molecule has 0 radical (unpaired) electrons. The first kappa shape index (κ1) is 25.1. The van der Waals surface area contributed by atoms with Crippen LogP contribution in [-0.4, -0.2) is 53.5 Å². The molecule has 1 aromatic rings. The van der Waals surface area contributed by atoms with E-state index < -0.39 is 30.0 Å². The molecule has 0 heterocycles. The second-order valence-electron chi connectivity index (χ2n) is 7.60. The van der Waals surface area contributed by atoms with Crippen molar-refractivity contribution in [2.75, 3.05) is 11.9 Å². The molecular formula is C21H32N4O5. The van der Waals surface area contributed by atoms with E-state index in [1.165, 1.54) is 13.8 Å². The summed E-state index contributed by atoms with van der Waals surface area (Å²) in [5.74, 6) is -2.06. The Hall–Kier alpha value is -2.94. The van der Waals surface area contributed by atoms with Gasteiger partial charge in [0, 0.05) is 19.2 Å². The van der Waals surface area contributed by atoms with E-state index in [-0.39, 0.29) is 30.7 Å². The van der Waals surface area contributed by atoms with Gasteiger partial charge in [0.2, 0.25) is 17.7 Å². The van der Waals surface area contributed by atoms with Crippen LogP contribution in [0, 0.1) is 5.92 Å². The van der Waals surface area contributed by atoms with Gasteiger partial charge in [-0.25, -0.2) is 0 Å². The highest BCUT2D eigenvalue weighted by atomic mass is 16.4. The zero-order chi connectivity index (χ0) is 22.7. The molecule has 9 nitrogen and oxygen atoms in total. The van der Waals surface area contributed by atoms with Gasteiger partial charge in [0.15, 0.2) is 0 Å². The molecule has 30 heavy (non-hydrogen) atoms. The zero-order valence-electron chi connectivity index (χ0n) is 17.9. The summed E-state index contributed by atoms with van der Waals surface area (Å²) in [5.41, 5.74) is 0.616. The van der Waals surface area contributed by atoms with Gasteiger partial charge >= 0.3 is 5.97 Å². The van der Waals surface area contributed by atoms with E-state index in [9.17, 15) is 19.2 Å². The number of carboxylic acid groups (broad SMARTS) is 1. The number of carboxylic acids is 1. The summed E-state index contributed by atoms with van der Waals surface area (Å²) < 4.78 is 0. The molecule has 5 N–H and O–H groups in total. The quantitative estimate of drug-likeness (QED) is 0.344. The van der Waals surface area contributed by atoms with Crippen molar-refractivity contribution in [3.8, 4) is 0 Å². The lowest BCUT2D eigenvalue weighted by atomic mass is 10.0. The molecule has 0 fully saturated rings. The van der Waals surface area contributed by atoms with Crippen LogP contribution in [0.5, 0.6) is 0 Å². The molecule has 0 aliphatic carbocycles. The molecule has 0 saturated heterocycles. The zero-order valence-corrected chi connectivity index (χ0v) is 17.9. The summed E-state index contributed by atoms with van der Waals surface area (Å²) in [6.07, 6.45) is 0.592. The Morgan fingerprint density at radius 1 is 0.967 bits per heavy atom. The Bertz CT molecular complexity index is 723. The molecule has 0 spiro atoms. The molecular weight excluding hydrogens is 388 g/mol. The lowest BCUT2D eigenvalue weighted by Gasteiger charge is -2.25. The normalized spacial score (nSPS) is 13.8. The van der Waals surface area contributed by atoms with E-state index in [1.54, 1.807) is 24.3 Å². The maximum absolute atomic E-state index is 12.9. The monoisotopic (exact) mass is 420 g/mol. The van der Waals surface area contributed by atoms with Crippen molar-refractivity contribution in [2.45, 2.75) is 58.7 Å². The molecule has 1 rings (SSSR count). The predicted octanol–water partition coefficient (Wildman–Crippen LogP) is 1.11. The van der Waals surface area contributed by atoms with Crippen LogP contribution < -0.4 is 21.3 Å². The minimum atomic E-state index is -1.10. The highest BCUT2D eigenvalue weighted by Gasteiger charge is 2.28. The van der Waals surface area contributed by atoms with Crippen LogP contribution in [0.25, 0.3) is 0 Å². The SMILES string of the molecule is CC(=O)NCC[C@H](N[C@H](C)C(=O)O)C(=O)N[C@@H](CC(C)C)C(=O)Nc1ccccc1. The first-order chi connectivity index (χ1) is 14.1. The fraction of sp³-hybridized carbons (Fsp3) is 0.524. The standard InChI is InChI=1S/C21H32N4O5/c1-13(2)12-18(20(28)24-16-8-6-5-7-9-16)25-19(27)17(10-11-22-15(4)26)23-14(3)21(29)30/h5-9,13-14,17-18,23H,10-12H2,1-4H3,(H,22,26)(H,24,28)(H,25,27)(H,29,30)/t14-,17+,18+/m1/s1. The highest BCUT2D eigenvalue weighted by molar-refractivity contribution is 5.98. The van der Waals surface area contributed by atoms with Crippen molar-refractivity contribution in [3.05, 3.63) is 30.3 Å². The lowest BCUT2D eigenvalue weighted by molar-refractivity contribution is -0.139. The van der Waals surface area contributed by atoms with Crippen LogP contribution in [0.1, 0.15) is 40.5 Å². The van der Waals surface area contributed by atoms with Gasteiger partial charge in [0.05, 0.1) is 6.04 Å². The molecule has 166 valence electrons. The Morgan fingerprint density at radius 2 is 1.60 bits per heavy atom. The van der Waals surface area contributed by atoms with E-state index in [2.05, 4.69) is 21.3 Å². The summed E-state index contributed by atoms with van der Waals surface area (Å²) in [7, 11) is 0. The van der Waals surface area contributed by atoms with E-state index >= 15 is 0 Å². The number of hydrogen-bond donors (Lipinski definition) is 5. The number of aliphatic carboxylic acids is 1. The number of anilines is 1. The van der Waals surface area contributed by atoms with Crippen molar-refractivity contribution >= 4 is 29.4 Å². The van der Waals surface area contributed by atoms with Crippen molar-refractivity contribution in [1.82, 2.24) is 16.0 Å². The first-order valence-corrected chi connectivity index (χ1v) is 9.99. The molecule has 0 bridgehead atoms. The molecule has 0 aromatic heterocycles. The number of amides is 3. The second-order valence-corrected chi connectivity index (χ2v) is 7.60. The maximum atomic E-state index is 12.9. The van der Waals surface area contributed by atoms with Crippen LogP contribution in [0.2, 0.25) is 0 Å². The summed E-state index contributed by atoms with van der Waals surface area (Å²) >= 11 is 0. The number of nitrogens with one attached hydrogen (secondary N) is 4. The third-order valence-electron chi connectivity index (χ3n) is 4.33. The van der Waals surface area contributed by atoms with Crippen molar-refractivity contribution < 1.29 is 24.3 Å². The van der Waals surface area contributed by atoms with Crippen molar-refractivity contribution in [2.24, 2.45) is 5.92 Å². The van der Waals surface area contributed by atoms with Gasteiger partial charge in [-0.15, -0.1) is 0 Å². The van der Waals surface area contributed by atoms with Crippen LogP contribution in [0.4, 0.5) is 5.69 Å². The third kappa shape index (κ3) is 9.51. The van der Waals surface area contributed by atoms with Crippen LogP contribution in [-0.2, 0) is 19.2 Å². The number of hydrogen-bond acceptors (Lipinski definition) is 5. The van der Waals surface area contributed by atoms with Crippen molar-refractivity contribution in [1.29, 1.82) is 0 Å². The molecule has 1 aromatic carbocycles. The predicted molar refractivity (Wildman–Crippen MR) is 114 cm³/mol. The molecule has 0 aliphatic heterocycles. The molecule has 0 saturated carbocycles. The Balaban J connectivity index is 2.89. The van der Waals surface area contributed by atoms with Gasteiger partial charge in [-0.05, 0) is 37.8 Å². The lowest BCUT2D eigenvalue weighted by Crippen LogP contribution is -2.55. The fourth-order valence-electron chi connectivity index (χ4n) is 2.78. The van der Waals surface area contributed by atoms with Crippen molar-refractivity contribution in [3.63, 3.8) is 0 Å². The van der Waals surface area contributed by atoms with E-state index in [0.29, 0.717) is 12.1 Å². The summed E-state index contributed by atoms with van der Waals surface area (Å²) in [6.45, 7) is 6.85. The summed E-state index contributed by atoms with van der Waals surface area (Å²) in [4.78, 5) is 47.9. The van der Waals surface area contributed by atoms with E-state index in [4.69, 9.17) is 5.11 Å². The van der Waals surface area contributed by atoms with Gasteiger partial charge in [0.25, 0.3) is 0 Å². The summed E-state index contributed by atoms with van der Waals surface area (Å²) in [6, 6.07) is 6.27. The smallest absolute Gasteiger partial charge is 0.320 e. The van der Waals surface area contributed by atoms with E-state index in [0.717, 1.165) is 0 Å². The average Bonchev–Trinajstić information content (AvgIpc) is 2.66. The van der Waals surface area contributed by atoms with Gasteiger partial charge < -0.3 is 21.1 Å². The Labute approximate surface area is 177 Å². The Kier molecular flexibility index (Phi) is 10.5. The van der Waals surface area contributed by atoms with Gasteiger partial charge in [-0.2, -0.15) is 0 Å². The second kappa shape index (κ2) is 12.6. The third-order valence-corrected chi connectivity index (χ3v) is 4.33. The number of benzene rings is 1. The van der Waals surface area contributed by atoms with Crippen LogP contribution in [0.15, 0.2) is 30.3 Å². The fourth-order valence-corrected chi connectivity index (χ4v) is 2.78. The van der Waals surface area contributed by atoms with Crippen LogP contribution in [0.3, 0.4) is 0 Å². The van der Waals surface area contributed by atoms with Gasteiger partial charge in [-0.3, -0.25) is 24.5 Å². The molecule has 0 unspecified atom stereocenters. The van der Waals surface area contributed by atoms with Crippen LogP contribution >= 0.6 is 0 Å². The summed E-state index contributed by atoms with van der Waals surface area (Å²) in [5, 5.41) is 20.0. The Morgan fingerprint density at radius 3 is 2.13 bits per heavy atom. The number of carbonyl (C=O) groups excluding carboxylic acids is 3. The van der Waals surface area contributed by atoms with E-state index in [1.807, 2.05) is 19.9 Å². The minimum absolute atomic E-state index is 0.139. The molecule has 3 atom stereocenters. The molecule has 9 heteroatoms. The number of carbonyl (C=O) groups is 4. The topological polar surface area (TPSA) is 137 Å². The number of rotatable bonds is 12. The molecule has 0 aliphatic rings. The largest absolute Gasteiger partial charge is 0.480 e. The van der Waals surface area contributed by atoms with Gasteiger partial charge in [0.1, 0.15) is 12.1 Å². The number of para-hydroxylation sites is 1. The maximum Gasteiger partial charge on any atom is 0.320 e. The first-order valence-electron chi connectivity index (χ1n) is 9.99. The minimum Gasteiger partial charge on any atom is -0.480 e. The highest BCUT2D eigenvalue weighted by Crippen LogP contribution is 2.11. The average molecular weight is 421 g/mol. The molecule has 3 amide bonds.